The van der Waals surface area contributed by atoms with Crippen LogP contribution in [-0.4, -0.2) is 22.8 Å². The monoisotopic (exact) mass is 298 g/mol. The van der Waals surface area contributed by atoms with Crippen LogP contribution in [0.15, 0.2) is 11.8 Å². The summed E-state index contributed by atoms with van der Waals surface area (Å²) in [6.07, 6.45) is 5.60. The van der Waals surface area contributed by atoms with Crippen molar-refractivity contribution in [2.45, 2.75) is 71.1 Å². The summed E-state index contributed by atoms with van der Waals surface area (Å²) in [7, 11) is 0. The Labute approximate surface area is 126 Å². The highest BCUT2D eigenvalue weighted by atomic mass is 19.1. The molecule has 4 heteroatoms. The van der Waals surface area contributed by atoms with Gasteiger partial charge in [-0.15, -0.1) is 0 Å². The molecule has 5 atom stereocenters. The van der Waals surface area contributed by atoms with Crippen LogP contribution < -0.4 is 0 Å². The van der Waals surface area contributed by atoms with Gasteiger partial charge in [0.15, 0.2) is 0 Å². The molecule has 0 amide bonds. The zero-order valence-corrected chi connectivity index (χ0v) is 13.3. The van der Waals surface area contributed by atoms with Gasteiger partial charge in [-0.25, -0.2) is 4.39 Å². The molecule has 0 spiro atoms. The van der Waals surface area contributed by atoms with Crippen LogP contribution in [0.5, 0.6) is 0 Å². The molecule has 1 aliphatic heterocycles. The Morgan fingerprint density at radius 2 is 2.24 bits per heavy atom. The Morgan fingerprint density at radius 1 is 1.52 bits per heavy atom. The molecule has 3 nitrogen and oxygen atoms in total. The molecule has 0 aromatic heterocycles. The molecule has 0 radical (unpaired) electrons. The Bertz CT molecular complexity index is 416. The van der Waals surface area contributed by atoms with Gasteiger partial charge in [0.05, 0.1) is 0 Å². The van der Waals surface area contributed by atoms with Gasteiger partial charge in [0.25, 0.3) is 0 Å². The zero-order valence-electron chi connectivity index (χ0n) is 13.3. The first-order chi connectivity index (χ1) is 9.84. The van der Waals surface area contributed by atoms with Gasteiger partial charge < -0.3 is 9.84 Å². The van der Waals surface area contributed by atoms with Crippen LogP contribution >= 0.6 is 0 Å². The fourth-order valence-electron chi connectivity index (χ4n) is 3.60. The standard InChI is InChI=1S/C17H27FO3/c1-4-5-7-17(3,18)8-6-13(19)15-12-9-11(2)10-14(12)21-16(15)20/h6,11-12,14-15,19H,4-5,7-10H2,1-3H3/t11-,12-,14-,15?,17+/m1/s1. The van der Waals surface area contributed by atoms with Crippen LogP contribution in [0.25, 0.3) is 0 Å². The minimum absolute atomic E-state index is 0.00183. The molecular formula is C17H27FO3. The number of unbranched alkanes of at least 4 members (excludes halogenated alkanes) is 1. The lowest BCUT2D eigenvalue weighted by molar-refractivity contribution is -0.144. The maximum atomic E-state index is 14.3. The van der Waals surface area contributed by atoms with Gasteiger partial charge in [-0.2, -0.15) is 0 Å². The SMILES string of the molecule is CCCC[C@](C)(F)CC=C(O)C1C(=O)O[C@@H]2C[C@H](C)C[C@@H]12. The van der Waals surface area contributed by atoms with Crippen molar-refractivity contribution in [2.24, 2.45) is 17.8 Å². The number of halogens is 1. The maximum Gasteiger partial charge on any atom is 0.317 e. The molecule has 21 heavy (non-hydrogen) atoms. The molecule has 2 fully saturated rings. The van der Waals surface area contributed by atoms with Crippen LogP contribution in [-0.2, 0) is 9.53 Å². The normalized spacial score (nSPS) is 35.4. The predicted octanol–water partition coefficient (Wildman–Crippen LogP) is 4.32. The van der Waals surface area contributed by atoms with Crippen molar-refractivity contribution in [1.82, 2.24) is 0 Å². The lowest BCUT2D eigenvalue weighted by atomic mass is 9.88. The Hall–Kier alpha value is -1.06. The predicted molar refractivity (Wildman–Crippen MR) is 79.6 cm³/mol. The fraction of sp³-hybridized carbons (Fsp3) is 0.824. The molecule has 0 bridgehead atoms. The summed E-state index contributed by atoms with van der Waals surface area (Å²) in [5, 5.41) is 10.2. The number of aliphatic hydroxyl groups excluding tert-OH is 1. The van der Waals surface area contributed by atoms with Gasteiger partial charge in [-0.1, -0.05) is 26.7 Å². The molecule has 1 aliphatic carbocycles. The van der Waals surface area contributed by atoms with Gasteiger partial charge in [0.1, 0.15) is 23.4 Å². The zero-order chi connectivity index (χ0) is 15.6. The fourth-order valence-corrected chi connectivity index (χ4v) is 3.60. The van der Waals surface area contributed by atoms with Gasteiger partial charge in [-0.05, 0) is 38.2 Å². The van der Waals surface area contributed by atoms with Gasteiger partial charge >= 0.3 is 5.97 Å². The summed E-state index contributed by atoms with van der Waals surface area (Å²) in [5.41, 5.74) is -1.32. The van der Waals surface area contributed by atoms with Crippen molar-refractivity contribution in [2.75, 3.05) is 0 Å². The van der Waals surface area contributed by atoms with E-state index in [9.17, 15) is 14.3 Å². The maximum absolute atomic E-state index is 14.3. The Balaban J connectivity index is 2.00. The van der Waals surface area contributed by atoms with E-state index in [0.717, 1.165) is 25.7 Å². The number of aliphatic hydroxyl groups is 1. The Kier molecular flexibility index (Phi) is 4.95. The van der Waals surface area contributed by atoms with E-state index in [2.05, 4.69) is 6.92 Å². The van der Waals surface area contributed by atoms with Crippen molar-refractivity contribution in [3.63, 3.8) is 0 Å². The highest BCUT2D eigenvalue weighted by Gasteiger charge is 2.50. The number of rotatable bonds is 6. The lowest BCUT2D eigenvalue weighted by Crippen LogP contribution is -2.21. The van der Waals surface area contributed by atoms with E-state index < -0.39 is 11.6 Å². The first-order valence-electron chi connectivity index (χ1n) is 8.12. The van der Waals surface area contributed by atoms with E-state index in [1.165, 1.54) is 6.08 Å². The van der Waals surface area contributed by atoms with Crippen LogP contribution in [0.1, 0.15) is 59.3 Å². The average molecular weight is 298 g/mol. The summed E-state index contributed by atoms with van der Waals surface area (Å²) < 4.78 is 19.6. The van der Waals surface area contributed by atoms with Crippen LogP contribution in [0.2, 0.25) is 0 Å². The molecule has 120 valence electrons. The summed E-state index contributed by atoms with van der Waals surface area (Å²) >= 11 is 0. The van der Waals surface area contributed by atoms with E-state index in [-0.39, 0.29) is 30.2 Å². The van der Waals surface area contributed by atoms with Crippen molar-refractivity contribution < 1.29 is 19.0 Å². The van der Waals surface area contributed by atoms with E-state index >= 15 is 0 Å². The number of fused-ring (bicyclic) bond motifs is 1. The minimum atomic E-state index is -1.32. The van der Waals surface area contributed by atoms with Crippen LogP contribution in [0.3, 0.4) is 0 Å². The second-order valence-electron chi connectivity index (χ2n) is 7.04. The molecule has 2 aliphatic rings. The van der Waals surface area contributed by atoms with Crippen LogP contribution in [0.4, 0.5) is 4.39 Å². The molecule has 1 saturated heterocycles. The molecule has 1 heterocycles. The number of hydrogen-bond acceptors (Lipinski definition) is 3. The molecule has 1 N–H and O–H groups in total. The number of allylic oxidation sites excluding steroid dienone is 1. The van der Waals surface area contributed by atoms with Crippen molar-refractivity contribution >= 4 is 5.97 Å². The third-order valence-corrected chi connectivity index (χ3v) is 4.84. The average Bonchev–Trinajstić information content (AvgIpc) is 2.88. The van der Waals surface area contributed by atoms with Gasteiger partial charge in [0, 0.05) is 12.3 Å². The highest BCUT2D eigenvalue weighted by Crippen LogP contribution is 2.45. The molecule has 2 rings (SSSR count). The quantitative estimate of drug-likeness (QED) is 0.586. The summed E-state index contributed by atoms with van der Waals surface area (Å²) in [5.74, 6) is -0.353. The third kappa shape index (κ3) is 3.78. The Morgan fingerprint density at radius 3 is 2.90 bits per heavy atom. The van der Waals surface area contributed by atoms with Crippen molar-refractivity contribution in [3.8, 4) is 0 Å². The van der Waals surface area contributed by atoms with E-state index in [0.29, 0.717) is 12.3 Å². The van der Waals surface area contributed by atoms with Crippen molar-refractivity contribution in [3.05, 3.63) is 11.8 Å². The molecule has 1 saturated carbocycles. The van der Waals surface area contributed by atoms with E-state index in [1.807, 2.05) is 6.92 Å². The van der Waals surface area contributed by atoms with E-state index in [4.69, 9.17) is 4.74 Å². The number of alkyl halides is 1. The summed E-state index contributed by atoms with van der Waals surface area (Å²) in [6, 6.07) is 0. The lowest BCUT2D eigenvalue weighted by Gasteiger charge is -2.19. The second-order valence-corrected chi connectivity index (χ2v) is 7.04. The summed E-state index contributed by atoms with van der Waals surface area (Å²) in [6.45, 7) is 5.71. The summed E-state index contributed by atoms with van der Waals surface area (Å²) in [4.78, 5) is 11.9. The molecular weight excluding hydrogens is 271 g/mol. The number of carbonyl (C=O) groups excluding carboxylic acids is 1. The van der Waals surface area contributed by atoms with Gasteiger partial charge in [0.2, 0.25) is 0 Å². The van der Waals surface area contributed by atoms with E-state index in [1.54, 1.807) is 6.92 Å². The topological polar surface area (TPSA) is 46.5 Å². The number of ether oxygens (including phenoxy) is 1. The second kappa shape index (κ2) is 6.37. The minimum Gasteiger partial charge on any atom is -0.512 e. The highest BCUT2D eigenvalue weighted by molar-refractivity contribution is 5.78. The largest absolute Gasteiger partial charge is 0.512 e. The number of hydrogen-bond donors (Lipinski definition) is 1. The molecule has 1 unspecified atom stereocenters. The smallest absolute Gasteiger partial charge is 0.317 e. The van der Waals surface area contributed by atoms with Crippen molar-refractivity contribution in [1.29, 1.82) is 0 Å². The van der Waals surface area contributed by atoms with Crippen LogP contribution in [0, 0.1) is 17.8 Å². The first kappa shape index (κ1) is 16.3. The first-order valence-corrected chi connectivity index (χ1v) is 8.12. The molecule has 0 aromatic carbocycles. The molecule has 0 aromatic rings. The van der Waals surface area contributed by atoms with Gasteiger partial charge in [-0.3, -0.25) is 4.79 Å². The number of esters is 1. The third-order valence-electron chi connectivity index (χ3n) is 4.84. The number of carbonyl (C=O) groups is 1.